The molecule has 0 spiro atoms. The Morgan fingerprint density at radius 1 is 1.23 bits per heavy atom. The molecule has 0 bridgehead atoms. The predicted molar refractivity (Wildman–Crippen MR) is 160 cm³/mol. The lowest BCUT2D eigenvalue weighted by atomic mass is 10.1. The summed E-state index contributed by atoms with van der Waals surface area (Å²) in [6, 6.07) is 4.99. The third kappa shape index (κ3) is 9.93. The molecule has 1 aromatic heterocycles. The fourth-order valence-electron chi connectivity index (χ4n) is 4.02. The van der Waals surface area contributed by atoms with Crippen LogP contribution in [0, 0.1) is 11.8 Å². The molecule has 1 fully saturated rings. The van der Waals surface area contributed by atoms with Gasteiger partial charge in [0, 0.05) is 25.1 Å². The Balaban J connectivity index is 1.90. The number of aromatic nitrogens is 1. The van der Waals surface area contributed by atoms with E-state index in [2.05, 4.69) is 20.9 Å². The van der Waals surface area contributed by atoms with Gasteiger partial charge in [0.25, 0.3) is 11.8 Å². The molecule has 16 heteroatoms. The van der Waals surface area contributed by atoms with Crippen molar-refractivity contribution in [2.45, 2.75) is 25.9 Å². The number of amides is 3. The van der Waals surface area contributed by atoms with Crippen LogP contribution in [0.15, 0.2) is 47.7 Å². The number of nitrogens with zero attached hydrogens (tertiary/aromatic N) is 2. The molecule has 0 saturated heterocycles. The highest BCUT2D eigenvalue weighted by Gasteiger charge is 2.30. The Kier molecular flexibility index (Phi) is 11.1. The molecule has 1 atom stereocenters. The number of nitrogens with one attached hydrogen (secondary N) is 4. The van der Waals surface area contributed by atoms with E-state index in [9.17, 15) is 29.7 Å². The molecule has 43 heavy (non-hydrogen) atoms. The van der Waals surface area contributed by atoms with Gasteiger partial charge in [-0.3, -0.25) is 19.7 Å². The number of benzene rings is 1. The van der Waals surface area contributed by atoms with Crippen LogP contribution in [0.5, 0.6) is 5.75 Å². The van der Waals surface area contributed by atoms with Crippen LogP contribution in [0.3, 0.4) is 0 Å². The first-order chi connectivity index (χ1) is 20.2. The van der Waals surface area contributed by atoms with Crippen LogP contribution in [0.25, 0.3) is 10.6 Å². The molecule has 11 N–H and O–H groups in total. The van der Waals surface area contributed by atoms with Crippen molar-refractivity contribution < 1.29 is 34.4 Å². The number of aliphatic hydroxyl groups is 3. The number of para-hydroxylation sites is 1. The van der Waals surface area contributed by atoms with E-state index in [0.717, 1.165) is 36.8 Å². The molecule has 234 valence electrons. The highest BCUT2D eigenvalue weighted by molar-refractivity contribution is 7.17. The number of ether oxygens (including phenoxy) is 1. The Morgan fingerprint density at radius 3 is 2.53 bits per heavy atom. The van der Waals surface area contributed by atoms with Crippen LogP contribution >= 0.6 is 11.3 Å². The zero-order chi connectivity index (χ0) is 31.9. The van der Waals surface area contributed by atoms with Crippen molar-refractivity contribution in [1.82, 2.24) is 25.8 Å². The maximum absolute atomic E-state index is 12.8. The summed E-state index contributed by atoms with van der Waals surface area (Å²) in [6.45, 7) is 3.36. The van der Waals surface area contributed by atoms with Gasteiger partial charge in [-0.15, -0.1) is 11.3 Å². The number of allylic oxidation sites excluding steroid dienone is 1. The van der Waals surface area contributed by atoms with Crippen LogP contribution in [0.1, 0.15) is 29.4 Å². The van der Waals surface area contributed by atoms with Gasteiger partial charge in [0.15, 0.2) is 5.75 Å². The maximum Gasteiger partial charge on any atom is 0.369 e. The zero-order valence-electron chi connectivity index (χ0n) is 24.3. The fraction of sp³-hybridized carbons (Fsp3) is 0.407. The van der Waals surface area contributed by atoms with E-state index in [1.165, 1.54) is 18.6 Å². The minimum atomic E-state index is -3.54. The summed E-state index contributed by atoms with van der Waals surface area (Å²) >= 11 is 1.16. The Hall–Kier alpha value is -4.22. The summed E-state index contributed by atoms with van der Waals surface area (Å²) in [7, 11) is 5.34. The van der Waals surface area contributed by atoms with Crippen molar-refractivity contribution in [3.63, 3.8) is 0 Å². The second-order valence-corrected chi connectivity index (χ2v) is 11.4. The van der Waals surface area contributed by atoms with Crippen molar-refractivity contribution >= 4 is 34.7 Å². The predicted octanol–water partition coefficient (Wildman–Crippen LogP) is -0.641. The van der Waals surface area contributed by atoms with Gasteiger partial charge in [-0.1, -0.05) is 13.0 Å². The minimum absolute atomic E-state index is 0.149. The topological polar surface area (TPSA) is 237 Å². The summed E-state index contributed by atoms with van der Waals surface area (Å²) in [5.41, 5.74) is 12.0. The van der Waals surface area contributed by atoms with Crippen molar-refractivity contribution in [1.29, 1.82) is 0 Å². The summed E-state index contributed by atoms with van der Waals surface area (Å²) in [5.74, 6) is -1.61. The number of anilines is 1. The number of nitrogens with two attached hydrogens (primary N) is 2. The van der Waals surface area contributed by atoms with Crippen molar-refractivity contribution in [2.24, 2.45) is 23.3 Å². The molecular formula is C27H38N8O7S. The molecule has 0 aliphatic heterocycles. The van der Waals surface area contributed by atoms with Gasteiger partial charge in [0.1, 0.15) is 21.4 Å². The van der Waals surface area contributed by atoms with Crippen LogP contribution in [0.2, 0.25) is 0 Å². The van der Waals surface area contributed by atoms with Gasteiger partial charge >= 0.3 is 6.10 Å². The molecule has 2 aromatic rings. The second kappa shape index (κ2) is 14.3. The zero-order valence-corrected chi connectivity index (χ0v) is 25.1. The average molecular weight is 619 g/mol. The van der Waals surface area contributed by atoms with Crippen LogP contribution in [0.4, 0.5) is 5.69 Å². The van der Waals surface area contributed by atoms with Gasteiger partial charge in [-0.25, -0.2) is 4.98 Å². The highest BCUT2D eigenvalue weighted by atomic mass is 32.1. The van der Waals surface area contributed by atoms with Crippen molar-refractivity contribution in [3.8, 4) is 16.3 Å². The van der Waals surface area contributed by atoms with E-state index in [1.807, 2.05) is 25.9 Å². The average Bonchev–Trinajstić information content (AvgIpc) is 3.66. The number of carbonyl (C=O) groups is 3. The van der Waals surface area contributed by atoms with E-state index in [4.69, 9.17) is 16.2 Å². The van der Waals surface area contributed by atoms with Gasteiger partial charge < -0.3 is 52.4 Å². The molecule has 1 saturated carbocycles. The normalized spacial score (nSPS) is 14.9. The second-order valence-electron chi connectivity index (χ2n) is 10.4. The number of methoxy groups -OCH3 is 1. The SMILES string of the molecule is COc1c(NC(/C=C(\N)NC(=O)C2CC2)=C(/N)C(=O)NC(O)(O)O)cccc1-c1ncc(C(=O)NCC(C)CN(C)C)s1. The molecule has 3 rings (SSSR count). The molecule has 1 heterocycles. The van der Waals surface area contributed by atoms with Gasteiger partial charge in [-0.05, 0) is 45.0 Å². The lowest BCUT2D eigenvalue weighted by Gasteiger charge is -2.19. The quantitative estimate of drug-likeness (QED) is 0.0730. The molecule has 3 amide bonds. The Bertz CT molecular complexity index is 1400. The Labute approximate surface area is 252 Å². The standard InChI is InChI=1S/C27H38N8O7S/c1-14(13-35(2)3)11-30-24(37)19-12-31-26(43-19)16-6-5-7-17(22(16)42-4)32-18(21(29)25(38)34-27(39,40)41)10-20(28)33-23(36)15-8-9-15/h5-7,10,12,14-15,32,39-41H,8-9,11,13,28-29H2,1-4H3,(H,30,37)(H,33,36)(H,34,38)/b20-10+,21-18+. The third-order valence-electron chi connectivity index (χ3n) is 6.07. The largest absolute Gasteiger partial charge is 0.494 e. The molecular weight excluding hydrogens is 580 g/mol. The maximum atomic E-state index is 12.8. The van der Waals surface area contributed by atoms with Crippen molar-refractivity contribution in [3.05, 3.63) is 52.6 Å². The van der Waals surface area contributed by atoms with Crippen LogP contribution in [-0.2, 0) is 9.59 Å². The van der Waals surface area contributed by atoms with E-state index in [1.54, 1.807) is 18.2 Å². The Morgan fingerprint density at radius 2 is 1.93 bits per heavy atom. The number of rotatable bonds is 14. The number of thiazole rings is 1. The minimum Gasteiger partial charge on any atom is -0.494 e. The first-order valence-corrected chi connectivity index (χ1v) is 14.1. The summed E-state index contributed by atoms with van der Waals surface area (Å²) in [4.78, 5) is 44.3. The van der Waals surface area contributed by atoms with Gasteiger partial charge in [0.2, 0.25) is 5.91 Å². The molecule has 15 nitrogen and oxygen atoms in total. The molecule has 1 unspecified atom stereocenters. The van der Waals surface area contributed by atoms with Gasteiger partial charge in [-0.2, -0.15) is 0 Å². The number of hydrogen-bond donors (Lipinski definition) is 9. The van der Waals surface area contributed by atoms with E-state index in [-0.39, 0.29) is 46.6 Å². The molecule has 1 aromatic carbocycles. The third-order valence-corrected chi connectivity index (χ3v) is 7.10. The van der Waals surface area contributed by atoms with Crippen LogP contribution < -0.4 is 37.5 Å². The molecule has 0 radical (unpaired) electrons. The fourth-order valence-corrected chi connectivity index (χ4v) is 4.87. The smallest absolute Gasteiger partial charge is 0.369 e. The van der Waals surface area contributed by atoms with Crippen molar-refractivity contribution in [2.75, 3.05) is 39.6 Å². The number of carbonyl (C=O) groups excluding carboxylic acids is 3. The van der Waals surface area contributed by atoms with E-state index in [0.29, 0.717) is 22.0 Å². The van der Waals surface area contributed by atoms with E-state index >= 15 is 0 Å². The van der Waals surface area contributed by atoms with Crippen LogP contribution in [-0.4, -0.2) is 83.3 Å². The molecule has 1 aliphatic rings. The number of hydrogen-bond acceptors (Lipinski definition) is 13. The van der Waals surface area contributed by atoms with E-state index < -0.39 is 17.7 Å². The highest BCUT2D eigenvalue weighted by Crippen LogP contribution is 2.39. The first-order valence-electron chi connectivity index (χ1n) is 13.3. The summed E-state index contributed by atoms with van der Waals surface area (Å²) < 4.78 is 5.64. The summed E-state index contributed by atoms with van der Waals surface area (Å²) in [5, 5.41) is 37.9. The summed E-state index contributed by atoms with van der Waals surface area (Å²) in [6.07, 6.45) is 0.555. The molecule has 1 aliphatic carbocycles. The lowest BCUT2D eigenvalue weighted by molar-refractivity contribution is -0.325. The van der Waals surface area contributed by atoms with Gasteiger partial charge in [0.05, 0.1) is 30.3 Å². The first kappa shape index (κ1) is 33.3. The lowest BCUT2D eigenvalue weighted by Crippen LogP contribution is -2.50. The monoisotopic (exact) mass is 618 g/mol.